The van der Waals surface area contributed by atoms with Crippen LogP contribution in [0.2, 0.25) is 0 Å². The number of benzene rings is 1. The number of likely N-dealkylation sites (tertiary alicyclic amines) is 2. The van der Waals surface area contributed by atoms with Crippen molar-refractivity contribution in [1.29, 1.82) is 0 Å². The number of nitrogens with one attached hydrogen (secondary N) is 1. The highest BCUT2D eigenvalue weighted by atomic mass is 16.5. The molecule has 3 fully saturated rings. The highest BCUT2D eigenvalue weighted by molar-refractivity contribution is 5.77. The van der Waals surface area contributed by atoms with Crippen molar-refractivity contribution in [2.45, 2.75) is 81.8 Å². The molecule has 1 aliphatic carbocycles. The Balaban J connectivity index is 1.25. The summed E-state index contributed by atoms with van der Waals surface area (Å²) in [5.74, 6) is 1.40. The molecule has 168 valence electrons. The minimum absolute atomic E-state index is 0.0821. The molecule has 0 radical (unpaired) electrons. The summed E-state index contributed by atoms with van der Waals surface area (Å²) in [6.07, 6.45) is 9.99. The van der Waals surface area contributed by atoms with E-state index in [0.29, 0.717) is 25.6 Å². The number of carbonyl (C=O) groups excluding carboxylic acids is 2. The summed E-state index contributed by atoms with van der Waals surface area (Å²) in [4.78, 5) is 29.6. The van der Waals surface area contributed by atoms with Crippen molar-refractivity contribution >= 4 is 11.9 Å². The predicted molar refractivity (Wildman–Crippen MR) is 119 cm³/mol. The smallest absolute Gasteiger partial charge is 0.317 e. The Bertz CT molecular complexity index is 806. The second-order valence-electron chi connectivity index (χ2n) is 9.93. The molecule has 3 amide bonds. The number of hydrogen-bond acceptors (Lipinski definition) is 3. The van der Waals surface area contributed by atoms with Crippen molar-refractivity contribution in [3.63, 3.8) is 0 Å². The van der Waals surface area contributed by atoms with Gasteiger partial charge in [-0.1, -0.05) is 31.0 Å². The van der Waals surface area contributed by atoms with Gasteiger partial charge in [-0.3, -0.25) is 4.79 Å². The molecule has 4 aliphatic rings. The lowest BCUT2D eigenvalue weighted by atomic mass is 9.76. The standard InChI is InChI=1S/C25H35N3O3/c29-23(27-13-5-6-14-27)17-19-18-25(31-22-10-4-3-9-21(19)22)11-15-28(16-12-25)24(30)26-20-7-1-2-8-20/h3-4,9-10,19-20H,1-2,5-8,11-18H2,(H,26,30). The molecule has 6 heteroatoms. The molecule has 1 saturated carbocycles. The Hall–Kier alpha value is -2.24. The van der Waals surface area contributed by atoms with Crippen molar-refractivity contribution in [2.24, 2.45) is 0 Å². The van der Waals surface area contributed by atoms with Crippen molar-refractivity contribution in [1.82, 2.24) is 15.1 Å². The Morgan fingerprint density at radius 2 is 1.68 bits per heavy atom. The molecule has 3 heterocycles. The molecule has 3 aliphatic heterocycles. The van der Waals surface area contributed by atoms with Gasteiger partial charge in [-0.15, -0.1) is 0 Å². The van der Waals surface area contributed by atoms with E-state index >= 15 is 0 Å². The van der Waals surface area contributed by atoms with E-state index in [4.69, 9.17) is 4.74 Å². The van der Waals surface area contributed by atoms with E-state index in [-0.39, 0.29) is 23.5 Å². The average Bonchev–Trinajstić information content (AvgIpc) is 3.49. The number of piperidine rings is 1. The molecule has 31 heavy (non-hydrogen) atoms. The van der Waals surface area contributed by atoms with Gasteiger partial charge >= 0.3 is 6.03 Å². The molecular formula is C25H35N3O3. The van der Waals surface area contributed by atoms with Crippen LogP contribution in [0.3, 0.4) is 0 Å². The van der Waals surface area contributed by atoms with Crippen LogP contribution in [0.1, 0.15) is 75.7 Å². The van der Waals surface area contributed by atoms with Gasteiger partial charge in [-0.05, 0) is 43.7 Å². The molecule has 1 spiro atoms. The van der Waals surface area contributed by atoms with Crippen molar-refractivity contribution < 1.29 is 14.3 Å². The van der Waals surface area contributed by atoms with Crippen LogP contribution in [0.4, 0.5) is 4.79 Å². The van der Waals surface area contributed by atoms with Crippen LogP contribution in [-0.4, -0.2) is 59.6 Å². The third-order valence-electron chi connectivity index (χ3n) is 7.83. The second-order valence-corrected chi connectivity index (χ2v) is 9.93. The number of rotatable bonds is 3. The number of amides is 3. The van der Waals surface area contributed by atoms with Gasteiger partial charge in [0.25, 0.3) is 0 Å². The first-order valence-corrected chi connectivity index (χ1v) is 12.2. The topological polar surface area (TPSA) is 61.9 Å². The molecule has 5 rings (SSSR count). The van der Waals surface area contributed by atoms with E-state index in [1.54, 1.807) is 0 Å². The molecule has 6 nitrogen and oxygen atoms in total. The third-order valence-corrected chi connectivity index (χ3v) is 7.83. The molecule has 1 atom stereocenters. The molecule has 2 saturated heterocycles. The van der Waals surface area contributed by atoms with Crippen molar-refractivity contribution in [3.8, 4) is 5.75 Å². The summed E-state index contributed by atoms with van der Waals surface area (Å²) < 4.78 is 6.58. The van der Waals surface area contributed by atoms with E-state index in [0.717, 1.165) is 63.8 Å². The maximum absolute atomic E-state index is 12.9. The Morgan fingerprint density at radius 3 is 2.42 bits per heavy atom. The maximum Gasteiger partial charge on any atom is 0.317 e. The molecule has 1 aromatic carbocycles. The normalized spacial score (nSPS) is 25.4. The van der Waals surface area contributed by atoms with Crippen LogP contribution in [-0.2, 0) is 4.79 Å². The molecule has 1 aromatic rings. The third kappa shape index (κ3) is 4.39. The lowest BCUT2D eigenvalue weighted by molar-refractivity contribution is -0.131. The Labute approximate surface area is 185 Å². The Kier molecular flexibility index (Phi) is 5.81. The fraction of sp³-hybridized carbons (Fsp3) is 0.680. The number of hydrogen-bond donors (Lipinski definition) is 1. The van der Waals surface area contributed by atoms with Gasteiger partial charge < -0.3 is 19.9 Å². The largest absolute Gasteiger partial charge is 0.487 e. The van der Waals surface area contributed by atoms with Crippen LogP contribution < -0.4 is 10.1 Å². The first kappa shape index (κ1) is 20.7. The van der Waals surface area contributed by atoms with E-state index < -0.39 is 0 Å². The maximum atomic E-state index is 12.9. The minimum Gasteiger partial charge on any atom is -0.487 e. The van der Waals surface area contributed by atoms with Gasteiger partial charge in [0.2, 0.25) is 5.91 Å². The van der Waals surface area contributed by atoms with Gasteiger partial charge in [0.1, 0.15) is 11.4 Å². The average molecular weight is 426 g/mol. The Morgan fingerprint density at radius 1 is 0.968 bits per heavy atom. The summed E-state index contributed by atoms with van der Waals surface area (Å²) >= 11 is 0. The summed E-state index contributed by atoms with van der Waals surface area (Å²) in [6.45, 7) is 3.24. The van der Waals surface area contributed by atoms with E-state index in [1.807, 2.05) is 28.0 Å². The number of carbonyl (C=O) groups is 2. The number of nitrogens with zero attached hydrogens (tertiary/aromatic N) is 2. The number of fused-ring (bicyclic) bond motifs is 1. The zero-order valence-corrected chi connectivity index (χ0v) is 18.5. The molecular weight excluding hydrogens is 390 g/mol. The number of ether oxygens (including phenoxy) is 1. The predicted octanol–water partition coefficient (Wildman–Crippen LogP) is 4.05. The fourth-order valence-corrected chi connectivity index (χ4v) is 5.99. The monoisotopic (exact) mass is 425 g/mol. The number of urea groups is 1. The van der Waals surface area contributed by atoms with Gasteiger partial charge in [-0.2, -0.15) is 0 Å². The lowest BCUT2D eigenvalue weighted by Crippen LogP contribution is -2.54. The van der Waals surface area contributed by atoms with E-state index in [2.05, 4.69) is 11.4 Å². The van der Waals surface area contributed by atoms with Crippen LogP contribution in [0, 0.1) is 0 Å². The fourth-order valence-electron chi connectivity index (χ4n) is 5.99. The highest BCUT2D eigenvalue weighted by Gasteiger charge is 2.44. The molecule has 1 N–H and O–H groups in total. The first-order valence-electron chi connectivity index (χ1n) is 12.2. The van der Waals surface area contributed by atoms with E-state index in [9.17, 15) is 9.59 Å². The van der Waals surface area contributed by atoms with Crippen LogP contribution >= 0.6 is 0 Å². The highest BCUT2D eigenvalue weighted by Crippen LogP contribution is 2.46. The van der Waals surface area contributed by atoms with Crippen molar-refractivity contribution in [3.05, 3.63) is 29.8 Å². The summed E-state index contributed by atoms with van der Waals surface area (Å²) in [5.41, 5.74) is 0.899. The second kappa shape index (κ2) is 8.71. The van der Waals surface area contributed by atoms with Gasteiger partial charge in [0.05, 0.1) is 0 Å². The lowest BCUT2D eigenvalue weighted by Gasteiger charge is -2.47. The zero-order valence-electron chi connectivity index (χ0n) is 18.5. The minimum atomic E-state index is -0.269. The SMILES string of the molecule is O=C(CC1CC2(CCN(C(=O)NC3CCCC3)CC2)Oc2ccccc21)N1CCCC1. The first-order chi connectivity index (χ1) is 15.1. The van der Waals surface area contributed by atoms with Crippen LogP contribution in [0.15, 0.2) is 24.3 Å². The van der Waals surface area contributed by atoms with Crippen LogP contribution in [0.5, 0.6) is 5.75 Å². The molecule has 0 bridgehead atoms. The molecule has 0 aromatic heterocycles. The molecule has 1 unspecified atom stereocenters. The van der Waals surface area contributed by atoms with Crippen LogP contribution in [0.25, 0.3) is 0 Å². The number of para-hydroxylation sites is 1. The zero-order chi connectivity index (χ0) is 21.3. The van der Waals surface area contributed by atoms with E-state index in [1.165, 1.54) is 18.4 Å². The summed E-state index contributed by atoms with van der Waals surface area (Å²) in [7, 11) is 0. The quantitative estimate of drug-likeness (QED) is 0.795. The van der Waals surface area contributed by atoms with Gasteiger partial charge in [-0.25, -0.2) is 4.79 Å². The summed E-state index contributed by atoms with van der Waals surface area (Å²) in [6, 6.07) is 8.66. The summed E-state index contributed by atoms with van der Waals surface area (Å²) in [5, 5.41) is 3.22. The van der Waals surface area contributed by atoms with Gasteiger partial charge in [0.15, 0.2) is 0 Å². The van der Waals surface area contributed by atoms with Gasteiger partial charge in [0, 0.05) is 57.4 Å². The van der Waals surface area contributed by atoms with Crippen molar-refractivity contribution in [2.75, 3.05) is 26.2 Å².